The van der Waals surface area contributed by atoms with Crippen molar-refractivity contribution in [2.24, 2.45) is 5.92 Å². The molecule has 1 rings (SSSR count). The number of allylic oxidation sites excluding steroid dienone is 2. The number of hydrogen-bond acceptors (Lipinski definition) is 2. The molecule has 2 atom stereocenters. The van der Waals surface area contributed by atoms with Gasteiger partial charge in [-0.05, 0) is 31.7 Å². The normalized spacial score (nSPS) is 23.8. The fourth-order valence-corrected chi connectivity index (χ4v) is 2.48. The first kappa shape index (κ1) is 10.9. The van der Waals surface area contributed by atoms with Crippen LogP contribution in [0.2, 0.25) is 0 Å². The summed E-state index contributed by atoms with van der Waals surface area (Å²) in [5.74, 6) is 1.78. The van der Waals surface area contributed by atoms with Gasteiger partial charge in [-0.2, -0.15) is 0 Å². The Morgan fingerprint density at radius 3 is 2.77 bits per heavy atom. The van der Waals surface area contributed by atoms with E-state index in [0.29, 0.717) is 12.0 Å². The molecular formula is C11H19NS. The SMILES string of the molecule is CCSC1=CC=CC1[C@H](C)N(C)C. The number of nitrogens with zero attached hydrogens (tertiary/aromatic N) is 1. The van der Waals surface area contributed by atoms with Gasteiger partial charge in [-0.3, -0.25) is 0 Å². The summed E-state index contributed by atoms with van der Waals surface area (Å²) < 4.78 is 0. The van der Waals surface area contributed by atoms with Gasteiger partial charge in [-0.1, -0.05) is 25.2 Å². The predicted molar refractivity (Wildman–Crippen MR) is 62.0 cm³/mol. The molecule has 0 amide bonds. The molecule has 0 radical (unpaired) electrons. The molecular weight excluding hydrogens is 178 g/mol. The molecule has 0 N–H and O–H groups in total. The molecule has 0 bridgehead atoms. The highest BCUT2D eigenvalue weighted by molar-refractivity contribution is 8.03. The molecule has 0 aromatic heterocycles. The zero-order valence-corrected chi connectivity index (χ0v) is 9.77. The van der Waals surface area contributed by atoms with E-state index in [-0.39, 0.29) is 0 Å². The average molecular weight is 197 g/mol. The Labute approximate surface area is 85.9 Å². The lowest BCUT2D eigenvalue weighted by molar-refractivity contribution is 0.281. The van der Waals surface area contributed by atoms with Crippen molar-refractivity contribution < 1.29 is 0 Å². The molecule has 1 nitrogen and oxygen atoms in total. The average Bonchev–Trinajstić information content (AvgIpc) is 2.52. The minimum atomic E-state index is 0.601. The quantitative estimate of drug-likeness (QED) is 0.682. The molecule has 0 saturated carbocycles. The summed E-state index contributed by atoms with van der Waals surface area (Å²) in [6, 6.07) is 0.601. The Morgan fingerprint density at radius 2 is 2.23 bits per heavy atom. The molecule has 0 aromatic rings. The van der Waals surface area contributed by atoms with Crippen LogP contribution in [-0.4, -0.2) is 30.8 Å². The van der Waals surface area contributed by atoms with E-state index in [1.165, 1.54) is 10.7 Å². The van der Waals surface area contributed by atoms with Crippen LogP contribution in [-0.2, 0) is 0 Å². The highest BCUT2D eigenvalue weighted by atomic mass is 32.2. The Kier molecular flexibility index (Phi) is 4.07. The highest BCUT2D eigenvalue weighted by Gasteiger charge is 2.22. The van der Waals surface area contributed by atoms with Crippen LogP contribution in [0.3, 0.4) is 0 Å². The maximum Gasteiger partial charge on any atom is 0.0234 e. The summed E-state index contributed by atoms with van der Waals surface area (Å²) in [5, 5.41) is 0. The maximum atomic E-state index is 2.31. The monoisotopic (exact) mass is 197 g/mol. The van der Waals surface area contributed by atoms with Gasteiger partial charge in [-0.25, -0.2) is 0 Å². The molecule has 0 saturated heterocycles. The summed E-state index contributed by atoms with van der Waals surface area (Å²) in [4.78, 5) is 3.80. The molecule has 0 aromatic carbocycles. The molecule has 0 aliphatic heterocycles. The molecule has 0 fully saturated rings. The van der Waals surface area contributed by atoms with Crippen molar-refractivity contribution in [2.45, 2.75) is 19.9 Å². The zero-order valence-electron chi connectivity index (χ0n) is 8.95. The minimum Gasteiger partial charge on any atom is -0.306 e. The van der Waals surface area contributed by atoms with Gasteiger partial charge in [0.15, 0.2) is 0 Å². The second-order valence-electron chi connectivity index (χ2n) is 3.62. The van der Waals surface area contributed by atoms with Crippen LogP contribution in [0.4, 0.5) is 0 Å². The van der Waals surface area contributed by atoms with Crippen LogP contribution in [0, 0.1) is 5.92 Å². The first-order valence-electron chi connectivity index (χ1n) is 4.84. The van der Waals surface area contributed by atoms with Crippen LogP contribution < -0.4 is 0 Å². The largest absolute Gasteiger partial charge is 0.306 e. The smallest absolute Gasteiger partial charge is 0.0234 e. The van der Waals surface area contributed by atoms with Crippen LogP contribution >= 0.6 is 11.8 Å². The maximum absolute atomic E-state index is 2.31. The van der Waals surface area contributed by atoms with E-state index in [1.54, 1.807) is 0 Å². The highest BCUT2D eigenvalue weighted by Crippen LogP contribution is 2.33. The predicted octanol–water partition coefficient (Wildman–Crippen LogP) is 2.76. The second-order valence-corrected chi connectivity index (χ2v) is 4.95. The fourth-order valence-electron chi connectivity index (χ4n) is 1.51. The Hall–Kier alpha value is -0.210. The Balaban J connectivity index is 2.60. The lowest BCUT2D eigenvalue weighted by Crippen LogP contribution is -2.31. The number of rotatable bonds is 4. The van der Waals surface area contributed by atoms with Gasteiger partial charge in [-0.15, -0.1) is 11.8 Å². The molecule has 0 heterocycles. The first-order valence-corrected chi connectivity index (χ1v) is 5.83. The summed E-state index contributed by atoms with van der Waals surface area (Å²) in [7, 11) is 4.29. The summed E-state index contributed by atoms with van der Waals surface area (Å²) >= 11 is 1.96. The zero-order chi connectivity index (χ0) is 9.84. The molecule has 1 aliphatic rings. The van der Waals surface area contributed by atoms with E-state index in [2.05, 4.69) is 51.1 Å². The van der Waals surface area contributed by atoms with Crippen molar-refractivity contribution in [1.82, 2.24) is 4.90 Å². The van der Waals surface area contributed by atoms with Gasteiger partial charge in [0, 0.05) is 12.0 Å². The van der Waals surface area contributed by atoms with E-state index < -0.39 is 0 Å². The fraction of sp³-hybridized carbons (Fsp3) is 0.636. The van der Waals surface area contributed by atoms with E-state index in [1.807, 2.05) is 11.8 Å². The number of thioether (sulfide) groups is 1. The third-order valence-corrected chi connectivity index (χ3v) is 3.58. The van der Waals surface area contributed by atoms with Crippen molar-refractivity contribution in [2.75, 3.05) is 19.8 Å². The van der Waals surface area contributed by atoms with Crippen LogP contribution in [0.5, 0.6) is 0 Å². The van der Waals surface area contributed by atoms with Gasteiger partial charge in [0.25, 0.3) is 0 Å². The Bertz CT molecular complexity index is 218. The molecule has 0 spiro atoms. The van der Waals surface area contributed by atoms with Gasteiger partial charge < -0.3 is 4.90 Å². The van der Waals surface area contributed by atoms with Gasteiger partial charge >= 0.3 is 0 Å². The standard InChI is InChI=1S/C11H19NS/c1-5-13-11-8-6-7-10(11)9(2)12(3)4/h6-10H,5H2,1-4H3/t9-,10?/m0/s1. The molecule has 74 valence electrons. The Morgan fingerprint density at radius 1 is 1.54 bits per heavy atom. The van der Waals surface area contributed by atoms with Crippen molar-refractivity contribution in [3.05, 3.63) is 23.1 Å². The van der Waals surface area contributed by atoms with Crippen LogP contribution in [0.1, 0.15) is 13.8 Å². The third-order valence-electron chi connectivity index (χ3n) is 2.55. The van der Waals surface area contributed by atoms with E-state index >= 15 is 0 Å². The number of hydrogen-bond donors (Lipinski definition) is 0. The molecule has 1 aliphatic carbocycles. The van der Waals surface area contributed by atoms with Crippen molar-refractivity contribution in [3.8, 4) is 0 Å². The van der Waals surface area contributed by atoms with Gasteiger partial charge in [0.1, 0.15) is 0 Å². The summed E-state index contributed by atoms with van der Waals surface area (Å²) in [6.07, 6.45) is 6.74. The lowest BCUT2D eigenvalue weighted by atomic mass is 10.0. The van der Waals surface area contributed by atoms with Crippen molar-refractivity contribution in [1.29, 1.82) is 0 Å². The molecule has 2 heteroatoms. The van der Waals surface area contributed by atoms with Crippen LogP contribution in [0.25, 0.3) is 0 Å². The van der Waals surface area contributed by atoms with Gasteiger partial charge in [0.05, 0.1) is 0 Å². The molecule has 13 heavy (non-hydrogen) atoms. The molecule has 1 unspecified atom stereocenters. The van der Waals surface area contributed by atoms with E-state index in [4.69, 9.17) is 0 Å². The second kappa shape index (κ2) is 4.87. The van der Waals surface area contributed by atoms with Crippen LogP contribution in [0.15, 0.2) is 23.1 Å². The first-order chi connectivity index (χ1) is 6.16. The summed E-state index contributed by atoms with van der Waals surface area (Å²) in [6.45, 7) is 4.49. The van der Waals surface area contributed by atoms with Gasteiger partial charge in [0.2, 0.25) is 0 Å². The van der Waals surface area contributed by atoms with E-state index in [9.17, 15) is 0 Å². The third kappa shape index (κ3) is 2.61. The van der Waals surface area contributed by atoms with E-state index in [0.717, 1.165) is 0 Å². The topological polar surface area (TPSA) is 3.24 Å². The lowest BCUT2D eigenvalue weighted by Gasteiger charge is -2.26. The van der Waals surface area contributed by atoms with Crippen molar-refractivity contribution in [3.63, 3.8) is 0 Å². The van der Waals surface area contributed by atoms with Crippen molar-refractivity contribution >= 4 is 11.8 Å². The summed E-state index contributed by atoms with van der Waals surface area (Å²) in [5.41, 5.74) is 0. The minimum absolute atomic E-state index is 0.601.